The van der Waals surface area contributed by atoms with Crippen LogP contribution in [0, 0.1) is 11.7 Å². The highest BCUT2D eigenvalue weighted by atomic mass is 19.1. The van der Waals surface area contributed by atoms with Gasteiger partial charge < -0.3 is 20.5 Å². The number of halogens is 1. The van der Waals surface area contributed by atoms with Crippen molar-refractivity contribution in [1.82, 2.24) is 4.90 Å². The highest BCUT2D eigenvalue weighted by molar-refractivity contribution is 5.79. The van der Waals surface area contributed by atoms with Crippen LogP contribution in [0.1, 0.15) is 5.56 Å². The first-order chi connectivity index (χ1) is 9.61. The van der Waals surface area contributed by atoms with Crippen LogP contribution in [-0.4, -0.2) is 48.8 Å². The van der Waals surface area contributed by atoms with E-state index in [1.807, 2.05) is 0 Å². The zero-order valence-electron chi connectivity index (χ0n) is 11.2. The van der Waals surface area contributed by atoms with Crippen molar-refractivity contribution < 1.29 is 19.0 Å². The molecule has 6 heteroatoms. The molecule has 1 aliphatic heterocycles. The number of carbonyl (C=O) groups excluding carboxylic acids is 1. The average molecular weight is 282 g/mol. The van der Waals surface area contributed by atoms with Crippen LogP contribution >= 0.6 is 0 Å². The second-order valence-corrected chi connectivity index (χ2v) is 4.86. The number of phenolic OH excluding ortho intramolecular Hbond substituents is 1. The van der Waals surface area contributed by atoms with E-state index in [1.165, 1.54) is 12.1 Å². The first kappa shape index (κ1) is 14.7. The molecule has 5 nitrogen and oxygen atoms in total. The minimum absolute atomic E-state index is 0.0238. The number of ether oxygens (including phenoxy) is 1. The highest BCUT2D eigenvalue weighted by Crippen LogP contribution is 2.19. The summed E-state index contributed by atoms with van der Waals surface area (Å²) in [6.45, 7) is 2.42. The number of carbonyl (C=O) groups is 1. The van der Waals surface area contributed by atoms with Gasteiger partial charge in [0.2, 0.25) is 5.91 Å². The fourth-order valence-corrected chi connectivity index (χ4v) is 2.28. The summed E-state index contributed by atoms with van der Waals surface area (Å²) < 4.78 is 18.5. The molecule has 1 amide bonds. The average Bonchev–Trinajstić information content (AvgIpc) is 2.48. The van der Waals surface area contributed by atoms with Crippen LogP contribution < -0.4 is 5.73 Å². The van der Waals surface area contributed by atoms with Gasteiger partial charge in [0, 0.05) is 19.6 Å². The Morgan fingerprint density at radius 2 is 2.15 bits per heavy atom. The highest BCUT2D eigenvalue weighted by Gasteiger charge is 2.25. The van der Waals surface area contributed by atoms with Gasteiger partial charge in [0.05, 0.1) is 19.1 Å². The normalized spacial score (nSPS) is 17.0. The summed E-state index contributed by atoms with van der Waals surface area (Å²) in [6.07, 6.45) is 0.365. The van der Waals surface area contributed by atoms with Crippen LogP contribution in [0.4, 0.5) is 4.39 Å². The zero-order chi connectivity index (χ0) is 14.5. The number of nitrogens with two attached hydrogens (primary N) is 1. The Balaban J connectivity index is 2.03. The van der Waals surface area contributed by atoms with Gasteiger partial charge in [-0.2, -0.15) is 0 Å². The minimum Gasteiger partial charge on any atom is -0.505 e. The third-order valence-electron chi connectivity index (χ3n) is 3.45. The van der Waals surface area contributed by atoms with Gasteiger partial charge in [-0.05, 0) is 24.1 Å². The van der Waals surface area contributed by atoms with E-state index < -0.39 is 11.6 Å². The van der Waals surface area contributed by atoms with Crippen molar-refractivity contribution >= 4 is 5.91 Å². The molecule has 1 heterocycles. The number of morpholine rings is 1. The number of benzene rings is 1. The molecule has 0 aromatic heterocycles. The van der Waals surface area contributed by atoms with Gasteiger partial charge in [0.25, 0.3) is 0 Å². The number of nitrogens with zero attached hydrogens (tertiary/aromatic N) is 1. The minimum atomic E-state index is -0.683. The van der Waals surface area contributed by atoms with Crippen LogP contribution in [0.5, 0.6) is 5.75 Å². The summed E-state index contributed by atoms with van der Waals surface area (Å²) in [6, 6.07) is 4.13. The van der Waals surface area contributed by atoms with E-state index in [1.54, 1.807) is 11.0 Å². The Morgan fingerprint density at radius 3 is 2.75 bits per heavy atom. The Hall–Kier alpha value is -1.66. The van der Waals surface area contributed by atoms with Crippen molar-refractivity contribution in [2.24, 2.45) is 11.7 Å². The quantitative estimate of drug-likeness (QED) is 0.843. The summed E-state index contributed by atoms with van der Waals surface area (Å²) in [7, 11) is 0. The van der Waals surface area contributed by atoms with E-state index in [-0.39, 0.29) is 18.4 Å². The van der Waals surface area contributed by atoms with E-state index in [4.69, 9.17) is 15.6 Å². The summed E-state index contributed by atoms with van der Waals surface area (Å²) in [5.74, 6) is -1.48. The fraction of sp³-hybridized carbons (Fsp3) is 0.500. The molecule has 1 fully saturated rings. The second-order valence-electron chi connectivity index (χ2n) is 4.86. The number of hydrogen-bond donors (Lipinski definition) is 2. The summed E-state index contributed by atoms with van der Waals surface area (Å²) >= 11 is 0. The lowest BCUT2D eigenvalue weighted by Gasteiger charge is -2.30. The van der Waals surface area contributed by atoms with E-state index in [0.29, 0.717) is 38.3 Å². The van der Waals surface area contributed by atoms with E-state index in [2.05, 4.69) is 0 Å². The van der Waals surface area contributed by atoms with Crippen molar-refractivity contribution in [3.05, 3.63) is 29.6 Å². The zero-order valence-corrected chi connectivity index (χ0v) is 11.2. The Morgan fingerprint density at radius 1 is 1.45 bits per heavy atom. The summed E-state index contributed by atoms with van der Waals surface area (Å²) in [4.78, 5) is 14.1. The fourth-order valence-electron chi connectivity index (χ4n) is 2.28. The van der Waals surface area contributed by atoms with Crippen LogP contribution in [0.2, 0.25) is 0 Å². The SMILES string of the molecule is NCC(Cc1ccc(O)c(F)c1)C(=O)N1CCOCC1. The van der Waals surface area contributed by atoms with Crippen molar-refractivity contribution in [2.75, 3.05) is 32.8 Å². The van der Waals surface area contributed by atoms with Crippen LogP contribution in [0.25, 0.3) is 0 Å². The van der Waals surface area contributed by atoms with Crippen molar-refractivity contribution in [3.63, 3.8) is 0 Å². The molecule has 3 N–H and O–H groups in total. The smallest absolute Gasteiger partial charge is 0.227 e. The van der Waals surface area contributed by atoms with E-state index in [0.717, 1.165) is 0 Å². The van der Waals surface area contributed by atoms with E-state index >= 15 is 0 Å². The second kappa shape index (κ2) is 6.67. The number of phenols is 1. The maximum atomic E-state index is 13.3. The lowest BCUT2D eigenvalue weighted by atomic mass is 9.97. The van der Waals surface area contributed by atoms with Gasteiger partial charge in [0.1, 0.15) is 0 Å². The number of aromatic hydroxyl groups is 1. The molecule has 2 rings (SSSR count). The predicted molar refractivity (Wildman–Crippen MR) is 71.7 cm³/mol. The molecule has 1 aromatic carbocycles. The maximum Gasteiger partial charge on any atom is 0.227 e. The van der Waals surface area contributed by atoms with Gasteiger partial charge in [-0.3, -0.25) is 4.79 Å². The van der Waals surface area contributed by atoms with Gasteiger partial charge >= 0.3 is 0 Å². The molecule has 1 atom stereocenters. The van der Waals surface area contributed by atoms with Crippen LogP contribution in [0.15, 0.2) is 18.2 Å². The van der Waals surface area contributed by atoms with Crippen molar-refractivity contribution in [2.45, 2.75) is 6.42 Å². The van der Waals surface area contributed by atoms with Gasteiger partial charge in [-0.15, -0.1) is 0 Å². The molecular weight excluding hydrogens is 263 g/mol. The summed E-state index contributed by atoms with van der Waals surface area (Å²) in [5.41, 5.74) is 6.32. The third-order valence-corrected chi connectivity index (χ3v) is 3.45. The Kier molecular flexibility index (Phi) is 4.92. The third kappa shape index (κ3) is 3.46. The molecule has 0 spiro atoms. The molecule has 1 aliphatic rings. The standard InChI is InChI=1S/C14H19FN2O3/c15-12-8-10(1-2-13(12)18)7-11(9-16)14(19)17-3-5-20-6-4-17/h1-2,8,11,18H,3-7,9,16H2. The molecule has 0 saturated carbocycles. The van der Waals surface area contributed by atoms with Gasteiger partial charge in [0.15, 0.2) is 11.6 Å². The van der Waals surface area contributed by atoms with Gasteiger partial charge in [-0.1, -0.05) is 6.07 Å². The summed E-state index contributed by atoms with van der Waals surface area (Å²) in [5, 5.41) is 9.16. The molecule has 0 bridgehead atoms. The monoisotopic (exact) mass is 282 g/mol. The molecule has 1 aromatic rings. The van der Waals surface area contributed by atoms with Crippen molar-refractivity contribution in [1.29, 1.82) is 0 Å². The molecule has 1 saturated heterocycles. The lowest BCUT2D eigenvalue weighted by molar-refractivity contribution is -0.139. The van der Waals surface area contributed by atoms with Crippen LogP contribution in [0.3, 0.4) is 0 Å². The lowest BCUT2D eigenvalue weighted by Crippen LogP contribution is -2.45. The first-order valence-corrected chi connectivity index (χ1v) is 6.66. The largest absolute Gasteiger partial charge is 0.505 e. The van der Waals surface area contributed by atoms with Gasteiger partial charge in [-0.25, -0.2) is 4.39 Å². The number of amides is 1. The predicted octanol–water partition coefficient (Wildman–Crippen LogP) is 0.507. The molecule has 20 heavy (non-hydrogen) atoms. The number of rotatable bonds is 4. The molecule has 0 aliphatic carbocycles. The number of hydrogen-bond acceptors (Lipinski definition) is 4. The molecule has 1 unspecified atom stereocenters. The van der Waals surface area contributed by atoms with Crippen LogP contribution in [-0.2, 0) is 16.0 Å². The Bertz CT molecular complexity index is 475. The Labute approximate surface area is 117 Å². The van der Waals surface area contributed by atoms with E-state index in [9.17, 15) is 9.18 Å². The first-order valence-electron chi connectivity index (χ1n) is 6.66. The molecule has 110 valence electrons. The van der Waals surface area contributed by atoms with Crippen molar-refractivity contribution in [3.8, 4) is 5.75 Å². The maximum absolute atomic E-state index is 13.3. The molecule has 0 radical (unpaired) electrons. The molecular formula is C14H19FN2O3. The topological polar surface area (TPSA) is 75.8 Å².